The quantitative estimate of drug-likeness (QED) is 0.720. The molecule has 0 aromatic heterocycles. The maximum atomic E-state index is 12.5. The Morgan fingerprint density at radius 3 is 2.52 bits per heavy atom. The Morgan fingerprint density at radius 1 is 1.04 bits per heavy atom. The second-order valence-electron chi connectivity index (χ2n) is 9.85. The zero-order chi connectivity index (χ0) is 16.6. The third-order valence-corrected chi connectivity index (χ3v) is 8.77. The van der Waals surface area contributed by atoms with E-state index in [0.29, 0.717) is 35.9 Å². The highest BCUT2D eigenvalue weighted by molar-refractivity contribution is 5.87. The maximum absolute atomic E-state index is 12.5. The fraction of sp³-hybridized carbons (Fsp3) is 0.950. The molecular weight excluding hydrogens is 288 g/mol. The topological polar surface area (TPSA) is 57.5 Å². The average Bonchev–Trinajstić information content (AvgIpc) is 2.79. The van der Waals surface area contributed by atoms with E-state index in [0.717, 1.165) is 32.1 Å². The van der Waals surface area contributed by atoms with Gasteiger partial charge in [0.1, 0.15) is 5.78 Å². The minimum Gasteiger partial charge on any atom is -0.392 e. The molecule has 4 aliphatic rings. The zero-order valence-corrected chi connectivity index (χ0v) is 14.8. The van der Waals surface area contributed by atoms with Gasteiger partial charge in [-0.3, -0.25) is 4.79 Å². The molecule has 0 heterocycles. The summed E-state index contributed by atoms with van der Waals surface area (Å²) >= 11 is 0. The smallest absolute Gasteiger partial charge is 0.141 e. The molecule has 0 saturated heterocycles. The SMILES string of the molecule is C[C@@]1(O)CC[C@@]2(C)[C@@H](CC[C@@H]3[C@@H]2C[C@@H](O)[C@]2(C)C(=O)CC[C@@H]32)C1. The number of Topliss-reactive ketones (excluding diaryl/α,β-unsaturated/α-hetero) is 1. The molecule has 0 unspecified atom stereocenters. The van der Waals surface area contributed by atoms with E-state index in [1.807, 2.05) is 13.8 Å². The third-order valence-electron chi connectivity index (χ3n) is 8.77. The van der Waals surface area contributed by atoms with Crippen molar-refractivity contribution in [1.29, 1.82) is 0 Å². The summed E-state index contributed by atoms with van der Waals surface area (Å²) in [6.07, 6.45) is 7.17. The van der Waals surface area contributed by atoms with Crippen LogP contribution in [0.2, 0.25) is 0 Å². The highest BCUT2D eigenvalue weighted by atomic mass is 16.3. The first-order valence-electron chi connectivity index (χ1n) is 9.62. The highest BCUT2D eigenvalue weighted by Crippen LogP contribution is 2.66. The molecule has 23 heavy (non-hydrogen) atoms. The Kier molecular flexibility index (Phi) is 3.37. The molecule has 2 N–H and O–H groups in total. The van der Waals surface area contributed by atoms with Gasteiger partial charge in [-0.1, -0.05) is 6.92 Å². The summed E-state index contributed by atoms with van der Waals surface area (Å²) in [5.41, 5.74) is -0.758. The lowest BCUT2D eigenvalue weighted by atomic mass is 9.44. The standard InChI is InChI=1S/C20H32O3/c1-18(23)8-9-19(2)12(11-18)4-5-13-14-6-7-16(21)20(14,3)17(22)10-15(13)19/h12-15,17,22-23H,4-11H2,1-3H3/t12-,13-,14-,15-,17+,18+,19-,20-/m0/s1. The first-order chi connectivity index (χ1) is 10.7. The highest BCUT2D eigenvalue weighted by Gasteiger charge is 2.63. The van der Waals surface area contributed by atoms with Crippen molar-refractivity contribution < 1.29 is 15.0 Å². The summed E-state index contributed by atoms with van der Waals surface area (Å²) in [5, 5.41) is 21.4. The Labute approximate surface area is 139 Å². The van der Waals surface area contributed by atoms with Gasteiger partial charge in [0.05, 0.1) is 17.1 Å². The average molecular weight is 320 g/mol. The van der Waals surface area contributed by atoms with Crippen LogP contribution in [0.5, 0.6) is 0 Å². The lowest BCUT2D eigenvalue weighted by molar-refractivity contribution is -0.176. The molecule has 4 rings (SSSR count). The zero-order valence-electron chi connectivity index (χ0n) is 14.8. The number of carbonyl (C=O) groups excluding carboxylic acids is 1. The first-order valence-corrected chi connectivity index (χ1v) is 9.62. The Morgan fingerprint density at radius 2 is 1.78 bits per heavy atom. The van der Waals surface area contributed by atoms with Crippen LogP contribution in [0.25, 0.3) is 0 Å². The van der Waals surface area contributed by atoms with Crippen molar-refractivity contribution in [1.82, 2.24) is 0 Å². The first kappa shape index (κ1) is 16.1. The van der Waals surface area contributed by atoms with Gasteiger partial charge in [0.25, 0.3) is 0 Å². The molecule has 3 heteroatoms. The van der Waals surface area contributed by atoms with Crippen LogP contribution in [-0.2, 0) is 4.79 Å². The minimum atomic E-state index is -0.512. The number of aliphatic hydroxyl groups excluding tert-OH is 1. The van der Waals surface area contributed by atoms with Crippen molar-refractivity contribution in [3.05, 3.63) is 0 Å². The third kappa shape index (κ3) is 2.05. The van der Waals surface area contributed by atoms with E-state index in [4.69, 9.17) is 0 Å². The molecule has 0 aromatic carbocycles. The fourth-order valence-electron chi connectivity index (χ4n) is 7.18. The predicted octanol–water partition coefficient (Wildman–Crippen LogP) is 3.32. The van der Waals surface area contributed by atoms with Crippen molar-refractivity contribution >= 4 is 5.78 Å². The monoisotopic (exact) mass is 320 g/mol. The number of hydrogen-bond donors (Lipinski definition) is 2. The van der Waals surface area contributed by atoms with E-state index in [9.17, 15) is 15.0 Å². The Balaban J connectivity index is 1.67. The predicted molar refractivity (Wildman–Crippen MR) is 88.7 cm³/mol. The van der Waals surface area contributed by atoms with Gasteiger partial charge < -0.3 is 10.2 Å². The number of hydrogen-bond acceptors (Lipinski definition) is 3. The molecule has 0 bridgehead atoms. The molecule has 4 saturated carbocycles. The molecule has 0 spiro atoms. The van der Waals surface area contributed by atoms with E-state index in [2.05, 4.69) is 6.92 Å². The van der Waals surface area contributed by atoms with Gasteiger partial charge in [0.2, 0.25) is 0 Å². The van der Waals surface area contributed by atoms with Gasteiger partial charge in [-0.05, 0) is 87.9 Å². The van der Waals surface area contributed by atoms with Gasteiger partial charge in [0, 0.05) is 6.42 Å². The Hall–Kier alpha value is -0.410. The largest absolute Gasteiger partial charge is 0.392 e. The number of rotatable bonds is 0. The normalized spacial score (nSPS) is 59.2. The van der Waals surface area contributed by atoms with Gasteiger partial charge in [-0.2, -0.15) is 0 Å². The van der Waals surface area contributed by atoms with E-state index in [-0.39, 0.29) is 5.41 Å². The number of carbonyl (C=O) groups is 1. The van der Waals surface area contributed by atoms with E-state index in [1.165, 1.54) is 12.8 Å². The van der Waals surface area contributed by atoms with E-state index >= 15 is 0 Å². The summed E-state index contributed by atoms with van der Waals surface area (Å²) in [5.74, 6) is 2.37. The lowest BCUT2D eigenvalue weighted by Gasteiger charge is -2.62. The molecule has 0 aliphatic heterocycles. The second kappa shape index (κ2) is 4.82. The number of ketones is 1. The Bertz CT molecular complexity index is 527. The van der Waals surface area contributed by atoms with E-state index < -0.39 is 17.1 Å². The van der Waals surface area contributed by atoms with Crippen LogP contribution in [-0.4, -0.2) is 27.7 Å². The molecule has 130 valence electrons. The van der Waals surface area contributed by atoms with Crippen LogP contribution in [0, 0.1) is 34.5 Å². The van der Waals surface area contributed by atoms with Crippen LogP contribution >= 0.6 is 0 Å². The lowest BCUT2D eigenvalue weighted by Crippen LogP contribution is -2.59. The molecule has 8 atom stereocenters. The van der Waals surface area contributed by atoms with Gasteiger partial charge in [-0.15, -0.1) is 0 Å². The van der Waals surface area contributed by atoms with Crippen molar-refractivity contribution in [2.45, 2.75) is 83.8 Å². The molecule has 0 aromatic rings. The molecular formula is C20H32O3. The van der Waals surface area contributed by atoms with Crippen molar-refractivity contribution in [3.8, 4) is 0 Å². The molecule has 0 radical (unpaired) electrons. The van der Waals surface area contributed by atoms with Crippen molar-refractivity contribution in [2.75, 3.05) is 0 Å². The number of fused-ring (bicyclic) bond motifs is 5. The van der Waals surface area contributed by atoms with Crippen LogP contribution in [0.1, 0.15) is 72.1 Å². The summed E-state index contributed by atoms with van der Waals surface area (Å²) < 4.78 is 0. The molecule has 3 nitrogen and oxygen atoms in total. The van der Waals surface area contributed by atoms with E-state index in [1.54, 1.807) is 0 Å². The van der Waals surface area contributed by atoms with Gasteiger partial charge in [0.15, 0.2) is 0 Å². The summed E-state index contributed by atoms with van der Waals surface area (Å²) in [4.78, 5) is 12.5. The van der Waals surface area contributed by atoms with Crippen LogP contribution < -0.4 is 0 Å². The fourth-order valence-corrected chi connectivity index (χ4v) is 7.18. The summed E-state index contributed by atoms with van der Waals surface area (Å²) in [6.45, 7) is 6.44. The van der Waals surface area contributed by atoms with Crippen molar-refractivity contribution in [2.24, 2.45) is 34.5 Å². The number of aliphatic hydroxyl groups is 2. The van der Waals surface area contributed by atoms with Crippen LogP contribution in [0.3, 0.4) is 0 Å². The summed E-state index contributed by atoms with van der Waals surface area (Å²) in [6, 6.07) is 0. The molecule has 0 amide bonds. The summed E-state index contributed by atoms with van der Waals surface area (Å²) in [7, 11) is 0. The minimum absolute atomic E-state index is 0.235. The van der Waals surface area contributed by atoms with Crippen LogP contribution in [0.4, 0.5) is 0 Å². The van der Waals surface area contributed by atoms with Gasteiger partial charge >= 0.3 is 0 Å². The van der Waals surface area contributed by atoms with Gasteiger partial charge in [-0.25, -0.2) is 0 Å². The van der Waals surface area contributed by atoms with Crippen molar-refractivity contribution in [3.63, 3.8) is 0 Å². The van der Waals surface area contributed by atoms with Crippen LogP contribution in [0.15, 0.2) is 0 Å². The molecule has 4 aliphatic carbocycles. The molecule has 4 fully saturated rings. The maximum Gasteiger partial charge on any atom is 0.141 e. The second-order valence-corrected chi connectivity index (χ2v) is 9.85.